The zero-order valence-corrected chi connectivity index (χ0v) is 14.9. The summed E-state index contributed by atoms with van der Waals surface area (Å²) in [7, 11) is 0. The van der Waals surface area contributed by atoms with Gasteiger partial charge in [-0.05, 0) is 45.0 Å². The van der Waals surface area contributed by atoms with Crippen LogP contribution in [0, 0.1) is 5.92 Å². The van der Waals surface area contributed by atoms with Crippen molar-refractivity contribution in [2.24, 2.45) is 5.92 Å². The molecule has 0 saturated carbocycles. The van der Waals surface area contributed by atoms with E-state index in [1.54, 1.807) is 16.3 Å². The molecule has 0 aliphatic carbocycles. The van der Waals surface area contributed by atoms with Crippen molar-refractivity contribution in [2.45, 2.75) is 32.4 Å². The van der Waals surface area contributed by atoms with Crippen molar-refractivity contribution in [1.29, 1.82) is 0 Å². The van der Waals surface area contributed by atoms with Crippen LogP contribution in [0.15, 0.2) is 34.5 Å². The van der Waals surface area contributed by atoms with E-state index in [9.17, 15) is 4.79 Å². The molecular formula is C17H21N5O2S. The van der Waals surface area contributed by atoms with E-state index in [2.05, 4.69) is 20.3 Å². The lowest BCUT2D eigenvalue weighted by molar-refractivity contribution is -0.127. The van der Waals surface area contributed by atoms with E-state index >= 15 is 0 Å². The minimum atomic E-state index is -0.109. The smallest absolute Gasteiger partial charge is 0.223 e. The fourth-order valence-electron chi connectivity index (χ4n) is 3.25. The maximum atomic E-state index is 12.6. The molecule has 0 bridgehead atoms. The van der Waals surface area contributed by atoms with Gasteiger partial charge in [0.15, 0.2) is 0 Å². The molecule has 4 heterocycles. The van der Waals surface area contributed by atoms with Gasteiger partial charge in [-0.25, -0.2) is 9.50 Å². The Hall–Kier alpha value is -2.19. The van der Waals surface area contributed by atoms with Gasteiger partial charge < -0.3 is 9.73 Å². The Bertz CT molecular complexity index is 804. The zero-order valence-electron chi connectivity index (χ0n) is 14.1. The Morgan fingerprint density at radius 2 is 2.32 bits per heavy atom. The predicted octanol–water partition coefficient (Wildman–Crippen LogP) is 2.47. The Morgan fingerprint density at radius 3 is 3.04 bits per heavy atom. The molecule has 1 fully saturated rings. The Kier molecular flexibility index (Phi) is 4.54. The molecule has 3 aromatic heterocycles. The van der Waals surface area contributed by atoms with Crippen LogP contribution in [0.25, 0.3) is 4.96 Å². The number of amides is 1. The quantitative estimate of drug-likeness (QED) is 0.757. The van der Waals surface area contributed by atoms with Crippen LogP contribution in [0.5, 0.6) is 0 Å². The van der Waals surface area contributed by atoms with Gasteiger partial charge in [0, 0.05) is 5.92 Å². The Labute approximate surface area is 149 Å². The normalized spacial score (nSPS) is 17.8. The highest BCUT2D eigenvalue weighted by Gasteiger charge is 2.26. The fourth-order valence-corrected chi connectivity index (χ4v) is 3.85. The van der Waals surface area contributed by atoms with Crippen molar-refractivity contribution in [3.8, 4) is 0 Å². The SMILES string of the molecule is CC(NC(=O)C1CCN(Cc2ccco2)CC1)c1cn2ncsc2n1. The molecule has 0 radical (unpaired) electrons. The summed E-state index contributed by atoms with van der Waals surface area (Å²) in [6, 6.07) is 3.79. The van der Waals surface area contributed by atoms with Gasteiger partial charge in [-0.15, -0.1) is 0 Å². The van der Waals surface area contributed by atoms with Gasteiger partial charge >= 0.3 is 0 Å². The molecule has 1 aliphatic rings. The van der Waals surface area contributed by atoms with Gasteiger partial charge in [-0.2, -0.15) is 5.10 Å². The maximum absolute atomic E-state index is 12.6. The fraction of sp³-hybridized carbons (Fsp3) is 0.471. The summed E-state index contributed by atoms with van der Waals surface area (Å²) in [5.74, 6) is 1.16. The lowest BCUT2D eigenvalue weighted by atomic mass is 9.95. The monoisotopic (exact) mass is 359 g/mol. The molecule has 1 amide bonds. The van der Waals surface area contributed by atoms with Crippen molar-refractivity contribution in [2.75, 3.05) is 13.1 Å². The van der Waals surface area contributed by atoms with Crippen LogP contribution in [0.2, 0.25) is 0 Å². The van der Waals surface area contributed by atoms with E-state index in [1.807, 2.05) is 25.3 Å². The van der Waals surface area contributed by atoms with Crippen molar-refractivity contribution >= 4 is 22.2 Å². The maximum Gasteiger partial charge on any atom is 0.223 e. The summed E-state index contributed by atoms with van der Waals surface area (Å²) in [6.45, 7) is 4.61. The molecule has 0 aromatic carbocycles. The van der Waals surface area contributed by atoms with E-state index in [0.29, 0.717) is 0 Å². The van der Waals surface area contributed by atoms with E-state index in [-0.39, 0.29) is 17.9 Å². The van der Waals surface area contributed by atoms with Crippen LogP contribution in [0.1, 0.15) is 37.3 Å². The first kappa shape index (κ1) is 16.3. The second-order valence-electron chi connectivity index (χ2n) is 6.49. The third kappa shape index (κ3) is 3.59. The summed E-state index contributed by atoms with van der Waals surface area (Å²) >= 11 is 1.49. The summed E-state index contributed by atoms with van der Waals surface area (Å²) in [6.07, 6.45) is 5.33. The highest BCUT2D eigenvalue weighted by atomic mass is 32.1. The second kappa shape index (κ2) is 6.97. The second-order valence-corrected chi connectivity index (χ2v) is 7.30. The first-order chi connectivity index (χ1) is 12.2. The number of nitrogens with zero attached hydrogens (tertiary/aromatic N) is 4. The minimum Gasteiger partial charge on any atom is -0.468 e. The third-order valence-electron chi connectivity index (χ3n) is 4.73. The number of rotatable bonds is 5. The van der Waals surface area contributed by atoms with Crippen LogP contribution in [0.3, 0.4) is 0 Å². The highest BCUT2D eigenvalue weighted by Crippen LogP contribution is 2.21. The lowest BCUT2D eigenvalue weighted by Crippen LogP contribution is -2.40. The standard InChI is InChI=1S/C17H21N5O2S/c1-12(15-10-22-17(20-15)25-11-18-22)19-16(23)13-4-6-21(7-5-13)9-14-3-2-8-24-14/h2-3,8,10-13H,4-7,9H2,1H3,(H,19,23). The molecule has 25 heavy (non-hydrogen) atoms. The van der Waals surface area contributed by atoms with Crippen LogP contribution in [-0.2, 0) is 11.3 Å². The average molecular weight is 359 g/mol. The average Bonchev–Trinajstić information content (AvgIpc) is 3.32. The van der Waals surface area contributed by atoms with E-state index in [0.717, 1.165) is 48.9 Å². The van der Waals surface area contributed by atoms with Gasteiger partial charge in [-0.1, -0.05) is 11.3 Å². The third-order valence-corrected chi connectivity index (χ3v) is 5.41. The summed E-state index contributed by atoms with van der Waals surface area (Å²) in [5.41, 5.74) is 2.61. The van der Waals surface area contributed by atoms with Gasteiger partial charge in [0.05, 0.1) is 30.7 Å². The molecule has 7 nitrogen and oxygen atoms in total. The van der Waals surface area contributed by atoms with Gasteiger partial charge in [-0.3, -0.25) is 9.69 Å². The van der Waals surface area contributed by atoms with Crippen LogP contribution in [-0.4, -0.2) is 38.5 Å². The molecule has 1 atom stereocenters. The van der Waals surface area contributed by atoms with E-state index in [1.165, 1.54) is 11.3 Å². The Balaban J connectivity index is 1.29. The first-order valence-electron chi connectivity index (χ1n) is 8.53. The molecule has 0 spiro atoms. The number of hydrogen-bond acceptors (Lipinski definition) is 6. The Morgan fingerprint density at radius 1 is 1.48 bits per heavy atom. The molecule has 4 rings (SSSR count). The van der Waals surface area contributed by atoms with Crippen LogP contribution >= 0.6 is 11.3 Å². The number of hydrogen-bond donors (Lipinski definition) is 1. The number of aromatic nitrogens is 3. The molecule has 3 aromatic rings. The first-order valence-corrected chi connectivity index (χ1v) is 9.41. The summed E-state index contributed by atoms with van der Waals surface area (Å²) < 4.78 is 7.14. The molecule has 132 valence electrons. The van der Waals surface area contributed by atoms with Crippen molar-refractivity contribution < 1.29 is 9.21 Å². The van der Waals surface area contributed by atoms with Crippen molar-refractivity contribution in [3.63, 3.8) is 0 Å². The molecular weight excluding hydrogens is 338 g/mol. The number of carbonyl (C=O) groups excluding carboxylic acids is 1. The highest BCUT2D eigenvalue weighted by molar-refractivity contribution is 7.14. The molecule has 1 unspecified atom stereocenters. The number of piperidine rings is 1. The molecule has 1 N–H and O–H groups in total. The largest absolute Gasteiger partial charge is 0.468 e. The molecule has 8 heteroatoms. The van der Waals surface area contributed by atoms with E-state index < -0.39 is 0 Å². The summed E-state index contributed by atoms with van der Waals surface area (Å²) in [5, 5.41) is 7.28. The topological polar surface area (TPSA) is 75.7 Å². The van der Waals surface area contributed by atoms with Gasteiger partial charge in [0.1, 0.15) is 11.3 Å². The number of imidazole rings is 1. The number of carbonyl (C=O) groups is 1. The zero-order chi connectivity index (χ0) is 17.2. The summed E-state index contributed by atoms with van der Waals surface area (Å²) in [4.78, 5) is 20.3. The van der Waals surface area contributed by atoms with Crippen molar-refractivity contribution in [1.82, 2.24) is 24.8 Å². The number of nitrogens with one attached hydrogen (secondary N) is 1. The van der Waals surface area contributed by atoms with E-state index in [4.69, 9.17) is 4.42 Å². The molecule has 1 aliphatic heterocycles. The van der Waals surface area contributed by atoms with Crippen molar-refractivity contribution in [3.05, 3.63) is 41.6 Å². The van der Waals surface area contributed by atoms with Crippen LogP contribution < -0.4 is 5.32 Å². The number of likely N-dealkylation sites (tertiary alicyclic amines) is 1. The van der Waals surface area contributed by atoms with Gasteiger partial charge in [0.2, 0.25) is 10.9 Å². The number of fused-ring (bicyclic) bond motifs is 1. The molecule has 1 saturated heterocycles. The van der Waals surface area contributed by atoms with Gasteiger partial charge in [0.25, 0.3) is 0 Å². The predicted molar refractivity (Wildman–Crippen MR) is 94.1 cm³/mol. The lowest BCUT2D eigenvalue weighted by Gasteiger charge is -2.31. The number of furan rings is 1. The minimum absolute atomic E-state index is 0.0668. The van der Waals surface area contributed by atoms with Crippen LogP contribution in [0.4, 0.5) is 0 Å².